The van der Waals surface area contributed by atoms with Crippen molar-refractivity contribution in [3.05, 3.63) is 34.9 Å². The molecule has 0 bridgehead atoms. The highest BCUT2D eigenvalue weighted by atomic mass is 35.5. The third-order valence-corrected chi connectivity index (χ3v) is 3.43. The zero-order valence-corrected chi connectivity index (χ0v) is 12.1. The van der Waals surface area contributed by atoms with Gasteiger partial charge in [0.15, 0.2) is 0 Å². The lowest BCUT2D eigenvalue weighted by molar-refractivity contribution is -0.119. The Labute approximate surface area is 119 Å². The third-order valence-electron chi connectivity index (χ3n) is 3.09. The summed E-state index contributed by atoms with van der Waals surface area (Å²) in [4.78, 5) is 13.2. The fourth-order valence-electron chi connectivity index (χ4n) is 2.12. The van der Waals surface area contributed by atoms with Gasteiger partial charge in [-0.1, -0.05) is 43.1 Å². The van der Waals surface area contributed by atoms with Crippen LogP contribution in [0, 0.1) is 0 Å². The first-order chi connectivity index (χ1) is 9.10. The predicted molar refractivity (Wildman–Crippen MR) is 78.9 cm³/mol. The summed E-state index contributed by atoms with van der Waals surface area (Å²) in [5, 5.41) is 0.670. The largest absolute Gasteiger partial charge is 0.369 e. The summed E-state index contributed by atoms with van der Waals surface area (Å²) in [6.07, 6.45) is 2.04. The van der Waals surface area contributed by atoms with Gasteiger partial charge in [0.05, 0.1) is 6.54 Å². The molecule has 19 heavy (non-hydrogen) atoms. The van der Waals surface area contributed by atoms with E-state index in [4.69, 9.17) is 23.1 Å². The molecule has 5 heteroatoms. The fraction of sp³-hybridized carbons (Fsp3) is 0.500. The molecule has 4 N–H and O–H groups in total. The topological polar surface area (TPSA) is 72.3 Å². The lowest BCUT2D eigenvalue weighted by atomic mass is 10.0. The maximum absolute atomic E-state index is 11.2. The molecule has 1 atom stereocenters. The second-order valence-corrected chi connectivity index (χ2v) is 4.97. The maximum Gasteiger partial charge on any atom is 0.231 e. The molecule has 0 aliphatic carbocycles. The Morgan fingerprint density at radius 3 is 2.63 bits per heavy atom. The van der Waals surface area contributed by atoms with Gasteiger partial charge in [0, 0.05) is 17.6 Å². The Kier molecular flexibility index (Phi) is 6.84. The molecule has 0 radical (unpaired) electrons. The Hall–Kier alpha value is -1.10. The molecule has 0 spiro atoms. The SMILES string of the molecule is CCCCN(CC(N)=O)C(CN)c1ccccc1Cl. The first-order valence-corrected chi connectivity index (χ1v) is 6.94. The minimum absolute atomic E-state index is 0.0762. The van der Waals surface area contributed by atoms with Gasteiger partial charge in [0.25, 0.3) is 0 Å². The summed E-state index contributed by atoms with van der Waals surface area (Å²) in [7, 11) is 0. The second-order valence-electron chi connectivity index (χ2n) is 4.56. The van der Waals surface area contributed by atoms with Gasteiger partial charge >= 0.3 is 0 Å². The number of halogens is 1. The summed E-state index contributed by atoms with van der Waals surface area (Å²) >= 11 is 6.21. The molecule has 0 fully saturated rings. The lowest BCUT2D eigenvalue weighted by Gasteiger charge is -2.30. The maximum atomic E-state index is 11.2. The Morgan fingerprint density at radius 1 is 1.42 bits per heavy atom. The second kappa shape index (κ2) is 8.15. The summed E-state index contributed by atoms with van der Waals surface area (Å²) in [5.41, 5.74) is 12.1. The van der Waals surface area contributed by atoms with Crippen molar-refractivity contribution in [2.75, 3.05) is 19.6 Å². The van der Waals surface area contributed by atoms with Crippen LogP contribution in [0.25, 0.3) is 0 Å². The molecule has 0 aliphatic heterocycles. The van der Waals surface area contributed by atoms with Crippen LogP contribution < -0.4 is 11.5 Å². The zero-order chi connectivity index (χ0) is 14.3. The van der Waals surface area contributed by atoms with Crippen LogP contribution in [0.3, 0.4) is 0 Å². The van der Waals surface area contributed by atoms with Gasteiger partial charge in [-0.15, -0.1) is 0 Å². The molecule has 0 aromatic heterocycles. The van der Waals surface area contributed by atoms with Crippen molar-refractivity contribution in [1.82, 2.24) is 4.90 Å². The first-order valence-electron chi connectivity index (χ1n) is 6.57. The van der Waals surface area contributed by atoms with E-state index in [1.54, 1.807) is 0 Å². The van der Waals surface area contributed by atoms with Crippen LogP contribution in [0.5, 0.6) is 0 Å². The quantitative estimate of drug-likeness (QED) is 0.766. The van der Waals surface area contributed by atoms with Crippen molar-refractivity contribution in [1.29, 1.82) is 0 Å². The molecule has 1 aromatic rings. The van der Waals surface area contributed by atoms with E-state index in [1.807, 2.05) is 29.2 Å². The molecule has 1 rings (SSSR count). The van der Waals surface area contributed by atoms with Crippen molar-refractivity contribution in [3.63, 3.8) is 0 Å². The van der Waals surface area contributed by atoms with Crippen LogP contribution in [-0.2, 0) is 4.79 Å². The van der Waals surface area contributed by atoms with E-state index in [0.29, 0.717) is 11.6 Å². The number of carbonyl (C=O) groups excluding carboxylic acids is 1. The van der Waals surface area contributed by atoms with Gasteiger partial charge in [-0.3, -0.25) is 9.69 Å². The Balaban J connectivity index is 2.94. The van der Waals surface area contributed by atoms with Gasteiger partial charge in [-0.05, 0) is 24.6 Å². The van der Waals surface area contributed by atoms with Crippen LogP contribution in [0.1, 0.15) is 31.4 Å². The number of carbonyl (C=O) groups is 1. The standard InChI is InChI=1S/C14H22ClN3O/c1-2-3-8-18(10-14(17)19)13(9-16)11-6-4-5-7-12(11)15/h4-7,13H,2-3,8-10,16H2,1H3,(H2,17,19). The highest BCUT2D eigenvalue weighted by Crippen LogP contribution is 2.26. The van der Waals surface area contributed by atoms with Gasteiger partial charge < -0.3 is 11.5 Å². The Bertz CT molecular complexity index is 411. The van der Waals surface area contributed by atoms with E-state index in [0.717, 1.165) is 24.9 Å². The van der Waals surface area contributed by atoms with Crippen LogP contribution in [0.2, 0.25) is 5.02 Å². The molecule has 1 unspecified atom stereocenters. The lowest BCUT2D eigenvalue weighted by Crippen LogP contribution is -2.40. The summed E-state index contributed by atoms with van der Waals surface area (Å²) in [6.45, 7) is 3.50. The zero-order valence-electron chi connectivity index (χ0n) is 11.3. The molecule has 0 heterocycles. The third kappa shape index (κ3) is 4.82. The van der Waals surface area contributed by atoms with Crippen molar-refractivity contribution >= 4 is 17.5 Å². The van der Waals surface area contributed by atoms with Gasteiger partial charge in [0.2, 0.25) is 5.91 Å². The number of unbranched alkanes of at least 4 members (excludes halogenated alkanes) is 1. The van der Waals surface area contributed by atoms with Crippen molar-refractivity contribution in [2.45, 2.75) is 25.8 Å². The van der Waals surface area contributed by atoms with E-state index >= 15 is 0 Å². The number of benzene rings is 1. The molecule has 1 amide bonds. The monoisotopic (exact) mass is 283 g/mol. The van der Waals surface area contributed by atoms with Crippen LogP contribution >= 0.6 is 11.6 Å². The van der Waals surface area contributed by atoms with Crippen LogP contribution in [0.15, 0.2) is 24.3 Å². The van der Waals surface area contributed by atoms with Crippen LogP contribution in [0.4, 0.5) is 0 Å². The number of rotatable bonds is 8. The number of hydrogen-bond acceptors (Lipinski definition) is 3. The molecular formula is C14H22ClN3O. The molecule has 106 valence electrons. The normalized spacial score (nSPS) is 12.6. The van der Waals surface area contributed by atoms with Crippen molar-refractivity contribution in [2.24, 2.45) is 11.5 Å². The fourth-order valence-corrected chi connectivity index (χ4v) is 2.39. The smallest absolute Gasteiger partial charge is 0.231 e. The highest BCUT2D eigenvalue weighted by Gasteiger charge is 2.21. The van der Waals surface area contributed by atoms with Gasteiger partial charge in [0.1, 0.15) is 0 Å². The molecule has 0 saturated heterocycles. The molecule has 1 aromatic carbocycles. The number of nitrogens with zero attached hydrogens (tertiary/aromatic N) is 1. The van der Waals surface area contributed by atoms with E-state index in [1.165, 1.54) is 0 Å². The minimum Gasteiger partial charge on any atom is -0.369 e. The Morgan fingerprint density at radius 2 is 2.11 bits per heavy atom. The molecular weight excluding hydrogens is 262 g/mol. The van der Waals surface area contributed by atoms with Crippen molar-refractivity contribution in [3.8, 4) is 0 Å². The number of primary amides is 1. The average Bonchev–Trinajstić information content (AvgIpc) is 2.38. The molecule has 0 aliphatic rings. The number of amides is 1. The van der Waals surface area contributed by atoms with E-state index in [-0.39, 0.29) is 18.5 Å². The van der Waals surface area contributed by atoms with E-state index < -0.39 is 0 Å². The summed E-state index contributed by atoms with van der Waals surface area (Å²) in [6, 6.07) is 7.50. The molecule has 0 saturated carbocycles. The summed E-state index contributed by atoms with van der Waals surface area (Å²) in [5.74, 6) is -0.346. The minimum atomic E-state index is -0.346. The van der Waals surface area contributed by atoms with E-state index in [2.05, 4.69) is 6.92 Å². The molecule has 4 nitrogen and oxygen atoms in total. The van der Waals surface area contributed by atoms with E-state index in [9.17, 15) is 4.79 Å². The predicted octanol–water partition coefficient (Wildman–Crippen LogP) is 1.93. The number of hydrogen-bond donors (Lipinski definition) is 2. The highest BCUT2D eigenvalue weighted by molar-refractivity contribution is 6.31. The number of nitrogens with two attached hydrogens (primary N) is 2. The van der Waals surface area contributed by atoms with Crippen molar-refractivity contribution < 1.29 is 4.79 Å². The van der Waals surface area contributed by atoms with Gasteiger partial charge in [-0.25, -0.2) is 0 Å². The first kappa shape index (κ1) is 16.0. The van der Waals surface area contributed by atoms with Crippen LogP contribution in [-0.4, -0.2) is 30.4 Å². The summed E-state index contributed by atoms with van der Waals surface area (Å²) < 4.78 is 0. The van der Waals surface area contributed by atoms with Gasteiger partial charge in [-0.2, -0.15) is 0 Å². The average molecular weight is 284 g/mol.